The first-order valence-corrected chi connectivity index (χ1v) is 6.05. The van der Waals surface area contributed by atoms with Gasteiger partial charge in [-0.05, 0) is 26.7 Å². The van der Waals surface area contributed by atoms with Gasteiger partial charge in [0, 0.05) is 11.8 Å². The van der Waals surface area contributed by atoms with E-state index in [1.54, 1.807) is 0 Å². The Labute approximate surface area is 108 Å². The van der Waals surface area contributed by atoms with E-state index in [1.165, 1.54) is 6.33 Å². The van der Waals surface area contributed by atoms with Crippen molar-refractivity contribution in [1.82, 2.24) is 9.97 Å². The van der Waals surface area contributed by atoms with E-state index in [-0.39, 0.29) is 12.5 Å². The third-order valence-corrected chi connectivity index (χ3v) is 2.11. The third kappa shape index (κ3) is 5.12. The maximum atomic E-state index is 11.5. The minimum Gasteiger partial charge on any atom is -0.459 e. The number of hydrogen-bond donors (Lipinski definition) is 1. The Hall–Kier alpha value is -1.65. The highest BCUT2D eigenvalue weighted by Crippen LogP contribution is 2.13. The summed E-state index contributed by atoms with van der Waals surface area (Å²) in [5.74, 6) is 0.668. The molecule has 0 unspecified atom stereocenters. The maximum Gasteiger partial charge on any atom is 0.325 e. The van der Waals surface area contributed by atoms with Gasteiger partial charge >= 0.3 is 5.97 Å². The van der Waals surface area contributed by atoms with Crippen LogP contribution in [0.1, 0.15) is 46.2 Å². The van der Waals surface area contributed by atoms with E-state index in [1.807, 2.05) is 26.8 Å². The first-order valence-electron chi connectivity index (χ1n) is 6.05. The van der Waals surface area contributed by atoms with Crippen molar-refractivity contribution in [3.8, 4) is 0 Å². The number of aromatic nitrogens is 2. The van der Waals surface area contributed by atoms with Crippen LogP contribution in [-0.2, 0) is 9.53 Å². The molecule has 0 atom stereocenters. The maximum absolute atomic E-state index is 11.5. The molecule has 100 valence electrons. The monoisotopic (exact) mass is 251 g/mol. The Kier molecular flexibility index (Phi) is 4.64. The van der Waals surface area contributed by atoms with Gasteiger partial charge in [0.25, 0.3) is 0 Å². The van der Waals surface area contributed by atoms with Gasteiger partial charge in [0.15, 0.2) is 0 Å². The molecule has 0 radical (unpaired) electrons. The highest BCUT2D eigenvalue weighted by Gasteiger charge is 2.16. The molecule has 0 aromatic carbocycles. The molecule has 0 saturated carbocycles. The van der Waals surface area contributed by atoms with Gasteiger partial charge in [0.1, 0.15) is 24.3 Å². The van der Waals surface area contributed by atoms with E-state index in [9.17, 15) is 4.79 Å². The average Bonchev–Trinajstić information content (AvgIpc) is 2.24. The molecule has 0 aliphatic rings. The Morgan fingerprint density at radius 1 is 1.39 bits per heavy atom. The van der Waals surface area contributed by atoms with E-state index in [0.717, 1.165) is 5.69 Å². The van der Waals surface area contributed by atoms with E-state index < -0.39 is 5.60 Å². The first-order chi connectivity index (χ1) is 8.28. The molecule has 1 aromatic rings. The predicted molar refractivity (Wildman–Crippen MR) is 70.5 cm³/mol. The molecule has 0 aliphatic heterocycles. The molecule has 1 rings (SSSR count). The van der Waals surface area contributed by atoms with Crippen molar-refractivity contribution in [2.45, 2.75) is 46.1 Å². The number of ether oxygens (including phenoxy) is 1. The fourth-order valence-electron chi connectivity index (χ4n) is 1.33. The van der Waals surface area contributed by atoms with Gasteiger partial charge in [-0.3, -0.25) is 4.79 Å². The molecule has 0 saturated heterocycles. The summed E-state index contributed by atoms with van der Waals surface area (Å²) in [5.41, 5.74) is 0.477. The van der Waals surface area contributed by atoms with E-state index in [0.29, 0.717) is 11.7 Å². The molecular formula is C13H21N3O2. The molecule has 0 amide bonds. The smallest absolute Gasteiger partial charge is 0.325 e. The molecule has 5 heteroatoms. The molecule has 0 spiro atoms. The summed E-state index contributed by atoms with van der Waals surface area (Å²) in [6.07, 6.45) is 1.49. The number of rotatable bonds is 4. The SMILES string of the molecule is CC(C)c1cc(NCC(=O)OC(C)(C)C)ncn1. The Morgan fingerprint density at radius 2 is 2.06 bits per heavy atom. The van der Waals surface area contributed by atoms with Crippen molar-refractivity contribution in [3.05, 3.63) is 18.1 Å². The van der Waals surface area contributed by atoms with Crippen molar-refractivity contribution in [1.29, 1.82) is 0 Å². The number of hydrogen-bond acceptors (Lipinski definition) is 5. The Bertz CT molecular complexity index is 411. The third-order valence-electron chi connectivity index (χ3n) is 2.11. The molecule has 1 aromatic heterocycles. The molecule has 0 fully saturated rings. The van der Waals surface area contributed by atoms with Crippen LogP contribution in [0.15, 0.2) is 12.4 Å². The minimum absolute atomic E-state index is 0.103. The Balaban J connectivity index is 2.53. The van der Waals surface area contributed by atoms with Gasteiger partial charge in [0.05, 0.1) is 0 Å². The van der Waals surface area contributed by atoms with E-state index in [2.05, 4.69) is 29.1 Å². The summed E-state index contributed by atoms with van der Waals surface area (Å²) < 4.78 is 5.19. The zero-order valence-electron chi connectivity index (χ0n) is 11.7. The Morgan fingerprint density at radius 3 is 2.61 bits per heavy atom. The molecule has 0 bridgehead atoms. The normalized spacial score (nSPS) is 11.4. The van der Waals surface area contributed by atoms with E-state index in [4.69, 9.17) is 4.74 Å². The van der Waals surface area contributed by atoms with Gasteiger partial charge in [-0.2, -0.15) is 0 Å². The number of nitrogens with one attached hydrogen (secondary N) is 1. The predicted octanol–water partition coefficient (Wildman–Crippen LogP) is 2.35. The van der Waals surface area contributed by atoms with Crippen LogP contribution in [-0.4, -0.2) is 28.1 Å². The lowest BCUT2D eigenvalue weighted by molar-refractivity contribution is -0.152. The fraction of sp³-hybridized carbons (Fsp3) is 0.615. The largest absolute Gasteiger partial charge is 0.459 e. The number of anilines is 1. The standard InChI is InChI=1S/C13H21N3O2/c1-9(2)10-6-11(16-8-15-10)14-7-12(17)18-13(3,4)5/h6,8-9H,7H2,1-5H3,(H,14,15,16). The number of esters is 1. The summed E-state index contributed by atoms with van der Waals surface area (Å²) in [6.45, 7) is 9.73. The minimum atomic E-state index is -0.465. The van der Waals surface area contributed by atoms with Gasteiger partial charge < -0.3 is 10.1 Å². The highest BCUT2D eigenvalue weighted by atomic mass is 16.6. The summed E-state index contributed by atoms with van der Waals surface area (Å²) in [6, 6.07) is 1.84. The first kappa shape index (κ1) is 14.4. The summed E-state index contributed by atoms with van der Waals surface area (Å²) in [4.78, 5) is 19.7. The average molecular weight is 251 g/mol. The molecule has 0 aliphatic carbocycles. The topological polar surface area (TPSA) is 64.1 Å². The van der Waals surface area contributed by atoms with Crippen molar-refractivity contribution in [2.24, 2.45) is 0 Å². The summed E-state index contributed by atoms with van der Waals surface area (Å²) >= 11 is 0. The van der Waals surface area contributed by atoms with Gasteiger partial charge in [-0.25, -0.2) is 9.97 Å². The van der Waals surface area contributed by atoms with Gasteiger partial charge in [0.2, 0.25) is 0 Å². The van der Waals surface area contributed by atoms with Crippen molar-refractivity contribution < 1.29 is 9.53 Å². The number of carbonyl (C=O) groups excluding carboxylic acids is 1. The van der Waals surface area contributed by atoms with Crippen LogP contribution in [0.5, 0.6) is 0 Å². The molecule has 18 heavy (non-hydrogen) atoms. The number of nitrogens with zero attached hydrogens (tertiary/aromatic N) is 2. The zero-order valence-corrected chi connectivity index (χ0v) is 11.7. The fourth-order valence-corrected chi connectivity index (χ4v) is 1.33. The van der Waals surface area contributed by atoms with Crippen LogP contribution >= 0.6 is 0 Å². The van der Waals surface area contributed by atoms with Crippen LogP contribution in [0, 0.1) is 0 Å². The lowest BCUT2D eigenvalue weighted by Crippen LogP contribution is -2.28. The lowest BCUT2D eigenvalue weighted by atomic mass is 10.1. The van der Waals surface area contributed by atoms with Crippen LogP contribution < -0.4 is 5.32 Å². The van der Waals surface area contributed by atoms with Crippen LogP contribution in [0.3, 0.4) is 0 Å². The van der Waals surface area contributed by atoms with Crippen molar-refractivity contribution in [3.63, 3.8) is 0 Å². The van der Waals surface area contributed by atoms with Crippen LogP contribution in [0.2, 0.25) is 0 Å². The van der Waals surface area contributed by atoms with Crippen molar-refractivity contribution >= 4 is 11.8 Å². The highest BCUT2D eigenvalue weighted by molar-refractivity contribution is 5.74. The second-order valence-electron chi connectivity index (χ2n) is 5.42. The summed E-state index contributed by atoms with van der Waals surface area (Å²) in [7, 11) is 0. The molecule has 1 N–H and O–H groups in total. The zero-order chi connectivity index (χ0) is 13.8. The summed E-state index contributed by atoms with van der Waals surface area (Å²) in [5, 5.41) is 2.94. The van der Waals surface area contributed by atoms with E-state index >= 15 is 0 Å². The molecule has 1 heterocycles. The van der Waals surface area contributed by atoms with Crippen LogP contribution in [0.25, 0.3) is 0 Å². The number of carbonyl (C=O) groups is 1. The lowest BCUT2D eigenvalue weighted by Gasteiger charge is -2.19. The second-order valence-corrected chi connectivity index (χ2v) is 5.42. The van der Waals surface area contributed by atoms with Crippen molar-refractivity contribution in [2.75, 3.05) is 11.9 Å². The van der Waals surface area contributed by atoms with Gasteiger partial charge in [-0.1, -0.05) is 13.8 Å². The quantitative estimate of drug-likeness (QED) is 0.832. The molecule has 5 nitrogen and oxygen atoms in total. The second kappa shape index (κ2) is 5.80. The molecular weight excluding hydrogens is 230 g/mol. The van der Waals surface area contributed by atoms with Gasteiger partial charge in [-0.15, -0.1) is 0 Å². The van der Waals surface area contributed by atoms with Crippen LogP contribution in [0.4, 0.5) is 5.82 Å².